The first kappa shape index (κ1) is 22.6. The molecule has 0 saturated carbocycles. The predicted molar refractivity (Wildman–Crippen MR) is 123 cm³/mol. The molecule has 0 spiro atoms. The molecular weight excluding hydrogens is 388 g/mol. The lowest BCUT2D eigenvalue weighted by Crippen LogP contribution is -2.27. The number of aromatic amines is 1. The highest BCUT2D eigenvalue weighted by molar-refractivity contribution is 5.87. The van der Waals surface area contributed by atoms with Gasteiger partial charge < -0.3 is 20.2 Å². The largest absolute Gasteiger partial charge is 0.489 e. The Hall–Kier alpha value is -3.05. The molecule has 31 heavy (non-hydrogen) atoms. The fourth-order valence-electron chi connectivity index (χ4n) is 4.11. The zero-order valence-corrected chi connectivity index (χ0v) is 18.6. The van der Waals surface area contributed by atoms with Crippen LogP contribution in [0.1, 0.15) is 66.5 Å². The lowest BCUT2D eigenvalue weighted by Gasteiger charge is -2.32. The molecule has 0 aliphatic carbocycles. The SMILES string of the molecule is CCOC(=O)c1ccc(C(CC)(CC)c2ccc(OCc3ccccc3)c(CN)c2)[nH]1. The number of aromatic nitrogens is 1. The van der Waals surface area contributed by atoms with E-state index in [4.69, 9.17) is 15.2 Å². The topological polar surface area (TPSA) is 77.3 Å². The minimum Gasteiger partial charge on any atom is -0.489 e. The van der Waals surface area contributed by atoms with Gasteiger partial charge in [0.2, 0.25) is 0 Å². The number of esters is 1. The zero-order valence-electron chi connectivity index (χ0n) is 18.6. The highest BCUT2D eigenvalue weighted by Gasteiger charge is 2.33. The Labute approximate surface area is 184 Å². The fourth-order valence-corrected chi connectivity index (χ4v) is 4.11. The molecule has 0 radical (unpaired) electrons. The molecule has 164 valence electrons. The summed E-state index contributed by atoms with van der Waals surface area (Å²) < 4.78 is 11.2. The van der Waals surface area contributed by atoms with Crippen molar-refractivity contribution in [2.45, 2.75) is 52.2 Å². The fraction of sp³-hybridized carbons (Fsp3) is 0.346. The van der Waals surface area contributed by atoms with Crippen LogP contribution in [0.15, 0.2) is 60.7 Å². The van der Waals surface area contributed by atoms with Gasteiger partial charge in [0.15, 0.2) is 0 Å². The summed E-state index contributed by atoms with van der Waals surface area (Å²) in [7, 11) is 0. The van der Waals surface area contributed by atoms with Crippen LogP contribution >= 0.6 is 0 Å². The summed E-state index contributed by atoms with van der Waals surface area (Å²) in [6, 6.07) is 20.1. The minimum absolute atomic E-state index is 0.257. The van der Waals surface area contributed by atoms with Gasteiger partial charge in [-0.15, -0.1) is 0 Å². The van der Waals surface area contributed by atoms with Gasteiger partial charge in [0, 0.05) is 23.2 Å². The third kappa shape index (κ3) is 4.83. The van der Waals surface area contributed by atoms with Crippen molar-refractivity contribution in [3.8, 4) is 5.75 Å². The van der Waals surface area contributed by atoms with E-state index in [2.05, 4.69) is 31.0 Å². The molecule has 0 aliphatic rings. The summed E-state index contributed by atoms with van der Waals surface area (Å²) in [5.41, 5.74) is 10.5. The Morgan fingerprint density at radius 1 is 1.00 bits per heavy atom. The van der Waals surface area contributed by atoms with E-state index in [1.54, 1.807) is 13.0 Å². The normalized spacial score (nSPS) is 11.4. The summed E-state index contributed by atoms with van der Waals surface area (Å²) >= 11 is 0. The number of H-pyrrole nitrogens is 1. The number of carbonyl (C=O) groups excluding carboxylic acids is 1. The summed E-state index contributed by atoms with van der Waals surface area (Å²) in [5, 5.41) is 0. The molecule has 5 heteroatoms. The predicted octanol–water partition coefficient (Wildman–Crippen LogP) is 5.34. The monoisotopic (exact) mass is 420 g/mol. The van der Waals surface area contributed by atoms with E-state index in [1.165, 1.54) is 0 Å². The molecule has 0 unspecified atom stereocenters. The van der Waals surface area contributed by atoms with Crippen molar-refractivity contribution in [3.05, 3.63) is 88.7 Å². The molecule has 3 N–H and O–H groups in total. The van der Waals surface area contributed by atoms with Crippen LogP contribution in [-0.2, 0) is 23.3 Å². The number of nitrogens with two attached hydrogens (primary N) is 1. The van der Waals surface area contributed by atoms with Crippen LogP contribution in [0.25, 0.3) is 0 Å². The number of carbonyl (C=O) groups is 1. The molecular formula is C26H32N2O3. The van der Waals surface area contributed by atoms with E-state index in [0.717, 1.165) is 41.0 Å². The minimum atomic E-state index is -0.331. The maximum Gasteiger partial charge on any atom is 0.354 e. The van der Waals surface area contributed by atoms with Crippen molar-refractivity contribution in [2.75, 3.05) is 6.61 Å². The number of nitrogens with one attached hydrogen (secondary N) is 1. The van der Waals surface area contributed by atoms with E-state index in [1.807, 2.05) is 42.5 Å². The van der Waals surface area contributed by atoms with Gasteiger partial charge in [-0.25, -0.2) is 4.79 Å². The second-order valence-corrected chi connectivity index (χ2v) is 7.60. The van der Waals surface area contributed by atoms with Gasteiger partial charge in [-0.2, -0.15) is 0 Å². The van der Waals surface area contributed by atoms with Gasteiger partial charge in [-0.05, 0) is 55.2 Å². The lowest BCUT2D eigenvalue weighted by molar-refractivity contribution is 0.0520. The first-order chi connectivity index (χ1) is 15.1. The van der Waals surface area contributed by atoms with Gasteiger partial charge in [0.1, 0.15) is 18.1 Å². The van der Waals surface area contributed by atoms with Crippen LogP contribution in [0.5, 0.6) is 5.75 Å². The summed E-state index contributed by atoms with van der Waals surface area (Å²) in [5.74, 6) is 0.470. The zero-order chi connectivity index (χ0) is 22.3. The Kier molecular flexibility index (Phi) is 7.53. The van der Waals surface area contributed by atoms with Crippen molar-refractivity contribution >= 4 is 5.97 Å². The van der Waals surface area contributed by atoms with E-state index in [-0.39, 0.29) is 11.4 Å². The molecule has 2 aromatic carbocycles. The number of rotatable bonds is 10. The van der Waals surface area contributed by atoms with E-state index >= 15 is 0 Å². The highest BCUT2D eigenvalue weighted by Crippen LogP contribution is 2.40. The molecule has 3 rings (SSSR count). The molecule has 1 heterocycles. The molecule has 0 atom stereocenters. The quantitative estimate of drug-likeness (QED) is 0.434. The van der Waals surface area contributed by atoms with Crippen molar-refractivity contribution in [1.29, 1.82) is 0 Å². The number of ether oxygens (including phenoxy) is 2. The van der Waals surface area contributed by atoms with Crippen LogP contribution in [0.4, 0.5) is 0 Å². The molecule has 0 bridgehead atoms. The van der Waals surface area contributed by atoms with Crippen LogP contribution < -0.4 is 10.5 Å². The van der Waals surface area contributed by atoms with Gasteiger partial charge in [0.25, 0.3) is 0 Å². The Balaban J connectivity index is 1.91. The van der Waals surface area contributed by atoms with Crippen LogP contribution in [0, 0.1) is 0 Å². The Morgan fingerprint density at radius 3 is 2.39 bits per heavy atom. The van der Waals surface area contributed by atoms with E-state index in [9.17, 15) is 4.79 Å². The van der Waals surface area contributed by atoms with E-state index < -0.39 is 0 Å². The van der Waals surface area contributed by atoms with Crippen LogP contribution in [0.2, 0.25) is 0 Å². The van der Waals surface area contributed by atoms with Gasteiger partial charge in [-0.1, -0.05) is 50.2 Å². The molecule has 0 aliphatic heterocycles. The van der Waals surface area contributed by atoms with Crippen LogP contribution in [0.3, 0.4) is 0 Å². The third-order valence-corrected chi connectivity index (χ3v) is 5.97. The second-order valence-electron chi connectivity index (χ2n) is 7.60. The lowest BCUT2D eigenvalue weighted by atomic mass is 9.73. The molecule has 1 aromatic heterocycles. The third-order valence-electron chi connectivity index (χ3n) is 5.97. The second kappa shape index (κ2) is 10.3. The number of benzene rings is 2. The standard InChI is InChI=1S/C26H32N2O3/c1-4-26(5-2,24-15-13-22(28-24)25(29)30-6-3)21-12-14-23(20(16-21)17-27)31-18-19-10-8-7-9-11-19/h7-16,28H,4-6,17-18,27H2,1-3H3. The number of hydrogen-bond donors (Lipinski definition) is 2. The molecule has 5 nitrogen and oxygen atoms in total. The maximum absolute atomic E-state index is 12.1. The maximum atomic E-state index is 12.1. The smallest absolute Gasteiger partial charge is 0.354 e. The average molecular weight is 421 g/mol. The van der Waals surface area contributed by atoms with Crippen LogP contribution in [-0.4, -0.2) is 17.6 Å². The molecule has 0 fully saturated rings. The summed E-state index contributed by atoms with van der Waals surface area (Å²) in [6.07, 6.45) is 1.75. The Bertz CT molecular complexity index is 991. The van der Waals surface area contributed by atoms with Crippen molar-refractivity contribution in [3.63, 3.8) is 0 Å². The van der Waals surface area contributed by atoms with E-state index in [0.29, 0.717) is 25.5 Å². The molecule has 0 amide bonds. The summed E-state index contributed by atoms with van der Waals surface area (Å²) in [6.45, 7) is 7.37. The molecule has 3 aromatic rings. The van der Waals surface area contributed by atoms with Gasteiger partial charge in [0.05, 0.1) is 6.61 Å². The van der Waals surface area contributed by atoms with Gasteiger partial charge in [-0.3, -0.25) is 0 Å². The van der Waals surface area contributed by atoms with Gasteiger partial charge >= 0.3 is 5.97 Å². The first-order valence-corrected chi connectivity index (χ1v) is 10.9. The Morgan fingerprint density at radius 2 is 1.74 bits per heavy atom. The highest BCUT2D eigenvalue weighted by atomic mass is 16.5. The summed E-state index contributed by atoms with van der Waals surface area (Å²) in [4.78, 5) is 15.4. The van der Waals surface area contributed by atoms with Crippen molar-refractivity contribution in [2.24, 2.45) is 5.73 Å². The number of hydrogen-bond acceptors (Lipinski definition) is 4. The van der Waals surface area contributed by atoms with Crippen molar-refractivity contribution < 1.29 is 14.3 Å². The van der Waals surface area contributed by atoms with Crippen molar-refractivity contribution in [1.82, 2.24) is 4.98 Å². The first-order valence-electron chi connectivity index (χ1n) is 10.9. The average Bonchev–Trinajstić information content (AvgIpc) is 3.31. The molecule has 0 saturated heterocycles.